The Morgan fingerprint density at radius 1 is 1.35 bits per heavy atom. The number of nitrogens with two attached hydrogens (primary N) is 1. The molecule has 1 aliphatic rings. The molecule has 0 bridgehead atoms. The third-order valence-corrected chi connectivity index (χ3v) is 5.02. The fourth-order valence-corrected chi connectivity index (χ4v) is 3.01. The highest BCUT2D eigenvalue weighted by Crippen LogP contribution is 2.46. The Labute approximate surface area is 123 Å². The van der Waals surface area contributed by atoms with Gasteiger partial charge in [-0.15, -0.1) is 0 Å². The second-order valence-corrected chi connectivity index (χ2v) is 7.56. The van der Waals surface area contributed by atoms with Crippen molar-refractivity contribution in [3.63, 3.8) is 0 Å². The van der Waals surface area contributed by atoms with Crippen molar-refractivity contribution in [3.8, 4) is 5.75 Å². The molecule has 0 aromatic heterocycles. The minimum atomic E-state index is 0.0931. The molecule has 0 saturated heterocycles. The van der Waals surface area contributed by atoms with E-state index in [0.29, 0.717) is 0 Å². The number of hydrogen-bond acceptors (Lipinski definition) is 2. The summed E-state index contributed by atoms with van der Waals surface area (Å²) in [5.74, 6) is 1.03. The first-order chi connectivity index (χ1) is 9.18. The lowest BCUT2D eigenvalue weighted by atomic mass is 9.62. The van der Waals surface area contributed by atoms with Crippen LogP contribution in [0.3, 0.4) is 0 Å². The molecule has 0 amide bonds. The number of hydrogen-bond donors (Lipinski definition) is 1. The van der Waals surface area contributed by atoms with E-state index in [1.807, 2.05) is 0 Å². The molecular weight excluding hydrogens is 246 g/mol. The summed E-state index contributed by atoms with van der Waals surface area (Å²) in [6, 6.07) is 6.76. The standard InChI is InChI=1S/C18H29NO/c1-7-18(6)15(19)11-16(18)20-14-9-8-12(2)10-13(14)17(3,4)5/h8-10,15-16H,7,11,19H2,1-6H3. The second kappa shape index (κ2) is 5.07. The van der Waals surface area contributed by atoms with Crippen molar-refractivity contribution in [3.05, 3.63) is 29.3 Å². The molecule has 2 rings (SSSR count). The van der Waals surface area contributed by atoms with Crippen LogP contribution in [0.25, 0.3) is 0 Å². The Morgan fingerprint density at radius 2 is 2.00 bits per heavy atom. The van der Waals surface area contributed by atoms with E-state index in [0.717, 1.165) is 18.6 Å². The fraction of sp³-hybridized carbons (Fsp3) is 0.667. The van der Waals surface area contributed by atoms with Gasteiger partial charge in [-0.3, -0.25) is 0 Å². The maximum absolute atomic E-state index is 6.36. The van der Waals surface area contributed by atoms with Crippen molar-refractivity contribution in [2.45, 2.75) is 71.9 Å². The van der Waals surface area contributed by atoms with Crippen LogP contribution in [-0.4, -0.2) is 12.1 Å². The second-order valence-electron chi connectivity index (χ2n) is 7.56. The van der Waals surface area contributed by atoms with E-state index in [4.69, 9.17) is 10.5 Å². The third kappa shape index (κ3) is 2.58. The molecule has 2 nitrogen and oxygen atoms in total. The van der Waals surface area contributed by atoms with Crippen LogP contribution in [-0.2, 0) is 5.41 Å². The first-order valence-corrected chi connectivity index (χ1v) is 7.72. The van der Waals surface area contributed by atoms with Gasteiger partial charge < -0.3 is 10.5 Å². The third-order valence-electron chi connectivity index (χ3n) is 5.02. The van der Waals surface area contributed by atoms with E-state index in [9.17, 15) is 0 Å². The zero-order valence-electron chi connectivity index (χ0n) is 13.8. The lowest BCUT2D eigenvalue weighted by Gasteiger charge is -2.51. The molecule has 2 heteroatoms. The number of rotatable bonds is 3. The minimum Gasteiger partial charge on any atom is -0.489 e. The maximum atomic E-state index is 6.36. The zero-order chi connectivity index (χ0) is 15.1. The van der Waals surface area contributed by atoms with E-state index in [2.05, 4.69) is 59.7 Å². The highest BCUT2D eigenvalue weighted by molar-refractivity contribution is 5.41. The van der Waals surface area contributed by atoms with Crippen molar-refractivity contribution in [1.82, 2.24) is 0 Å². The van der Waals surface area contributed by atoms with E-state index >= 15 is 0 Å². The summed E-state index contributed by atoms with van der Waals surface area (Å²) in [5, 5.41) is 0. The molecule has 1 aromatic rings. The normalized spacial score (nSPS) is 29.9. The highest BCUT2D eigenvalue weighted by Gasteiger charge is 2.50. The van der Waals surface area contributed by atoms with Gasteiger partial charge in [-0.05, 0) is 30.4 Å². The number of ether oxygens (including phenoxy) is 1. The predicted octanol–water partition coefficient (Wildman–Crippen LogP) is 4.19. The Bertz CT molecular complexity index is 489. The number of benzene rings is 1. The van der Waals surface area contributed by atoms with Gasteiger partial charge in [0.15, 0.2) is 0 Å². The van der Waals surface area contributed by atoms with Crippen molar-refractivity contribution in [1.29, 1.82) is 0 Å². The van der Waals surface area contributed by atoms with E-state index in [-0.39, 0.29) is 23.0 Å². The molecule has 1 aromatic carbocycles. The number of aryl methyl sites for hydroxylation is 1. The predicted molar refractivity (Wildman–Crippen MR) is 85.3 cm³/mol. The first kappa shape index (κ1) is 15.4. The molecular formula is C18H29NO. The molecule has 0 spiro atoms. The van der Waals surface area contributed by atoms with Crippen LogP contribution in [0, 0.1) is 12.3 Å². The van der Waals surface area contributed by atoms with Gasteiger partial charge in [-0.2, -0.15) is 0 Å². The van der Waals surface area contributed by atoms with Crippen LogP contribution in [0.1, 0.15) is 58.6 Å². The maximum Gasteiger partial charge on any atom is 0.123 e. The van der Waals surface area contributed by atoms with Crippen molar-refractivity contribution in [2.24, 2.45) is 11.1 Å². The molecule has 2 N–H and O–H groups in total. The minimum absolute atomic E-state index is 0.0931. The monoisotopic (exact) mass is 275 g/mol. The molecule has 20 heavy (non-hydrogen) atoms. The molecule has 0 heterocycles. The van der Waals surface area contributed by atoms with Crippen LogP contribution in [0.15, 0.2) is 18.2 Å². The van der Waals surface area contributed by atoms with Crippen LogP contribution in [0.4, 0.5) is 0 Å². The Hall–Kier alpha value is -1.02. The Kier molecular flexibility index (Phi) is 3.90. The topological polar surface area (TPSA) is 35.2 Å². The van der Waals surface area contributed by atoms with E-state index in [1.165, 1.54) is 11.1 Å². The highest BCUT2D eigenvalue weighted by atomic mass is 16.5. The van der Waals surface area contributed by atoms with E-state index < -0.39 is 0 Å². The van der Waals surface area contributed by atoms with Crippen LogP contribution >= 0.6 is 0 Å². The van der Waals surface area contributed by atoms with Gasteiger partial charge in [0.1, 0.15) is 11.9 Å². The van der Waals surface area contributed by atoms with Gasteiger partial charge in [0, 0.05) is 17.9 Å². The fourth-order valence-electron chi connectivity index (χ4n) is 3.01. The van der Waals surface area contributed by atoms with Crippen LogP contribution < -0.4 is 10.5 Å². The molecule has 0 radical (unpaired) electrons. The molecule has 1 saturated carbocycles. The molecule has 1 aliphatic carbocycles. The molecule has 3 unspecified atom stereocenters. The quantitative estimate of drug-likeness (QED) is 0.898. The van der Waals surface area contributed by atoms with Gasteiger partial charge in [-0.25, -0.2) is 0 Å². The summed E-state index contributed by atoms with van der Waals surface area (Å²) in [7, 11) is 0. The van der Waals surface area contributed by atoms with Gasteiger partial charge in [0.05, 0.1) is 0 Å². The van der Waals surface area contributed by atoms with Gasteiger partial charge in [0.25, 0.3) is 0 Å². The summed E-state index contributed by atoms with van der Waals surface area (Å²) in [4.78, 5) is 0. The average Bonchev–Trinajstić information content (AvgIpc) is 2.37. The lowest BCUT2D eigenvalue weighted by Crippen LogP contribution is -2.61. The van der Waals surface area contributed by atoms with E-state index in [1.54, 1.807) is 0 Å². The molecule has 3 atom stereocenters. The molecule has 112 valence electrons. The largest absolute Gasteiger partial charge is 0.489 e. The molecule has 0 aliphatic heterocycles. The Morgan fingerprint density at radius 3 is 2.50 bits per heavy atom. The SMILES string of the molecule is CCC1(C)C(N)CC1Oc1ccc(C)cc1C(C)(C)C. The summed E-state index contributed by atoms with van der Waals surface area (Å²) in [6.45, 7) is 13.3. The van der Waals surface area contributed by atoms with Crippen LogP contribution in [0.5, 0.6) is 5.75 Å². The van der Waals surface area contributed by atoms with Gasteiger partial charge in [0.2, 0.25) is 0 Å². The van der Waals surface area contributed by atoms with Crippen molar-refractivity contribution < 1.29 is 4.74 Å². The Balaban J connectivity index is 2.27. The lowest BCUT2D eigenvalue weighted by molar-refractivity contribution is -0.0567. The summed E-state index contributed by atoms with van der Waals surface area (Å²) in [5.41, 5.74) is 8.96. The average molecular weight is 275 g/mol. The van der Waals surface area contributed by atoms with Gasteiger partial charge in [-0.1, -0.05) is 52.3 Å². The van der Waals surface area contributed by atoms with Crippen molar-refractivity contribution >= 4 is 0 Å². The van der Waals surface area contributed by atoms with Crippen LogP contribution in [0.2, 0.25) is 0 Å². The van der Waals surface area contributed by atoms with Crippen molar-refractivity contribution in [2.75, 3.05) is 0 Å². The summed E-state index contributed by atoms with van der Waals surface area (Å²) >= 11 is 0. The van der Waals surface area contributed by atoms with Gasteiger partial charge >= 0.3 is 0 Å². The zero-order valence-corrected chi connectivity index (χ0v) is 13.8. The summed E-state index contributed by atoms with van der Waals surface area (Å²) in [6.07, 6.45) is 2.27. The smallest absolute Gasteiger partial charge is 0.123 e. The summed E-state index contributed by atoms with van der Waals surface area (Å²) < 4.78 is 6.36. The molecule has 1 fully saturated rings. The first-order valence-electron chi connectivity index (χ1n) is 7.72.